The smallest absolute Gasteiger partial charge is 0.338 e. The molecule has 0 saturated heterocycles. The zero-order valence-corrected chi connectivity index (χ0v) is 45.0. The molecule has 0 spiro atoms. The van der Waals surface area contributed by atoms with Gasteiger partial charge in [0.1, 0.15) is 0 Å². The predicted octanol–water partition coefficient (Wildman–Crippen LogP) is 16.6. The number of carbonyl (C=O) groups is 3. The highest BCUT2D eigenvalue weighted by Gasteiger charge is 2.30. The average Bonchev–Trinajstić information content (AvgIpc) is 3.43. The summed E-state index contributed by atoms with van der Waals surface area (Å²) in [7, 11) is 0. The average molecular weight is 1010 g/mol. The first-order valence-electron chi connectivity index (χ1n) is 28.1. The van der Waals surface area contributed by atoms with Crippen LogP contribution >= 0.6 is 0 Å². The maximum atomic E-state index is 13.2. The molecule has 10 heteroatoms. The van der Waals surface area contributed by atoms with Gasteiger partial charge >= 0.3 is 5.97 Å². The summed E-state index contributed by atoms with van der Waals surface area (Å²) in [6, 6.07) is 24.3. The van der Waals surface area contributed by atoms with Crippen LogP contribution in [-0.4, -0.2) is 63.8 Å². The van der Waals surface area contributed by atoms with Gasteiger partial charge in [0, 0.05) is 22.3 Å². The molecule has 1 aliphatic rings. The number of esters is 1. The highest BCUT2D eigenvalue weighted by molar-refractivity contribution is 6.29. The lowest BCUT2D eigenvalue weighted by Crippen LogP contribution is -2.21. The van der Waals surface area contributed by atoms with Crippen LogP contribution in [0.1, 0.15) is 199 Å². The molecule has 1 aliphatic carbocycles. The number of carbonyl (C=O) groups excluding carboxylic acids is 3. The second-order valence-corrected chi connectivity index (χ2v) is 19.7. The summed E-state index contributed by atoms with van der Waals surface area (Å²) in [6.07, 6.45) is 18.9. The zero-order valence-electron chi connectivity index (χ0n) is 45.0. The van der Waals surface area contributed by atoms with Crippen LogP contribution in [0.15, 0.2) is 78.9 Å². The van der Waals surface area contributed by atoms with Crippen LogP contribution in [0.2, 0.25) is 0 Å². The van der Waals surface area contributed by atoms with Crippen molar-refractivity contribution in [1.82, 2.24) is 0 Å². The lowest BCUT2D eigenvalue weighted by atomic mass is 9.83. The molecule has 7 rings (SSSR count). The molecule has 6 aromatic rings. The molecular weight excluding hydrogens is 929 g/mol. The van der Waals surface area contributed by atoms with Crippen molar-refractivity contribution in [2.45, 2.75) is 157 Å². The summed E-state index contributed by atoms with van der Waals surface area (Å²) < 4.78 is 45.3. The van der Waals surface area contributed by atoms with Crippen molar-refractivity contribution in [3.8, 4) is 34.5 Å². The second-order valence-electron chi connectivity index (χ2n) is 19.7. The van der Waals surface area contributed by atoms with Crippen LogP contribution in [0.3, 0.4) is 0 Å². The van der Waals surface area contributed by atoms with Crippen molar-refractivity contribution in [2.24, 2.45) is 0 Å². The van der Waals surface area contributed by atoms with Gasteiger partial charge in [0.05, 0.1) is 51.8 Å². The van der Waals surface area contributed by atoms with Crippen molar-refractivity contribution in [2.75, 3.05) is 46.2 Å². The van der Waals surface area contributed by atoms with E-state index in [1.807, 2.05) is 0 Å². The molecule has 0 radical (unpaired) electrons. The van der Waals surface area contributed by atoms with Gasteiger partial charge in [0.25, 0.3) is 0 Å². The lowest BCUT2D eigenvalue weighted by Gasteiger charge is -2.21. The maximum Gasteiger partial charge on any atom is 0.338 e. The van der Waals surface area contributed by atoms with Crippen LogP contribution in [0, 0.1) is 0 Å². The van der Waals surface area contributed by atoms with Crippen molar-refractivity contribution < 1.29 is 47.5 Å². The quantitative estimate of drug-likeness (QED) is 0.0219. The number of benzene rings is 6. The molecule has 0 unspecified atom stereocenters. The molecule has 0 aromatic heterocycles. The fraction of sp³-hybridized carbons (Fsp3) is 0.484. The maximum absolute atomic E-state index is 13.2. The lowest BCUT2D eigenvalue weighted by molar-refractivity contribution is 0.0497. The van der Waals surface area contributed by atoms with Crippen LogP contribution < -0.4 is 28.4 Å². The van der Waals surface area contributed by atoms with Crippen LogP contribution in [0.4, 0.5) is 0 Å². The second kappa shape index (κ2) is 29.0. The molecule has 0 bridgehead atoms. The normalized spacial score (nSPS) is 12.0. The van der Waals surface area contributed by atoms with Crippen molar-refractivity contribution in [3.63, 3.8) is 0 Å². The summed E-state index contributed by atoms with van der Waals surface area (Å²) in [4.78, 5) is 39.4. The molecule has 0 atom stereocenters. The Bertz CT molecular complexity index is 2760. The van der Waals surface area contributed by atoms with Crippen LogP contribution in [0.5, 0.6) is 34.5 Å². The minimum absolute atomic E-state index is 0.220. The number of hydrogen-bond acceptors (Lipinski definition) is 10. The van der Waals surface area contributed by atoms with Crippen molar-refractivity contribution in [1.29, 1.82) is 0 Å². The van der Waals surface area contributed by atoms with Gasteiger partial charge in [-0.3, -0.25) is 9.59 Å². The molecule has 0 amide bonds. The first-order chi connectivity index (χ1) is 36.3. The number of ether oxygens (including phenoxy) is 7. The van der Waals surface area contributed by atoms with E-state index in [9.17, 15) is 14.4 Å². The summed E-state index contributed by atoms with van der Waals surface area (Å²) in [5.41, 5.74) is 1.51. The molecule has 396 valence electrons. The number of ketones is 2. The monoisotopic (exact) mass is 1010 g/mol. The van der Waals surface area contributed by atoms with Gasteiger partial charge in [0.2, 0.25) is 0 Å². The molecule has 0 N–H and O–H groups in total. The van der Waals surface area contributed by atoms with Gasteiger partial charge in [-0.2, -0.15) is 0 Å². The fourth-order valence-corrected chi connectivity index (χ4v) is 9.58. The van der Waals surface area contributed by atoms with Gasteiger partial charge in [-0.1, -0.05) is 123 Å². The van der Waals surface area contributed by atoms with E-state index in [1.54, 1.807) is 36.4 Å². The fourth-order valence-electron chi connectivity index (χ4n) is 9.58. The summed E-state index contributed by atoms with van der Waals surface area (Å²) in [6.45, 7) is 14.7. The zero-order chi connectivity index (χ0) is 52.1. The highest BCUT2D eigenvalue weighted by Crippen LogP contribution is 2.47. The number of unbranched alkanes of at least 4 members (excludes halogenated alkanes) is 13. The Balaban J connectivity index is 1.15. The standard InChI is InChI=1S/C64H80O10/c1-6-11-20-31-68-56-39-49-50-40-57(69-32-21-12-7-2)59(71-34-23-14-9-4)42-52(50)54-44-61(60(72-35-24-15-10-5)43-53(54)51(49)41-58(56)70-33-22-13-8-3)73-36-25-16-17-26-37-74-64(67)45-29-30-48-55(38-45)63(66)47-28-19-18-27-46(47)62(48)65/h18-19,27-30,38-44H,6-17,20-26,31-37H2,1-5H3. The van der Waals surface area contributed by atoms with Gasteiger partial charge in [0.15, 0.2) is 46.1 Å². The Morgan fingerprint density at radius 2 is 0.608 bits per heavy atom. The number of fused-ring (bicyclic) bond motifs is 8. The Morgan fingerprint density at radius 1 is 0.324 bits per heavy atom. The Morgan fingerprint density at radius 3 is 0.932 bits per heavy atom. The molecule has 0 saturated carbocycles. The van der Waals surface area contributed by atoms with E-state index in [2.05, 4.69) is 71.0 Å². The van der Waals surface area contributed by atoms with E-state index < -0.39 is 5.97 Å². The van der Waals surface area contributed by atoms with Crippen molar-refractivity contribution >= 4 is 49.9 Å². The summed E-state index contributed by atoms with van der Waals surface area (Å²) in [5.74, 6) is 3.38. The molecular formula is C64H80O10. The molecule has 10 nitrogen and oxygen atoms in total. The van der Waals surface area contributed by atoms with Crippen LogP contribution in [0.25, 0.3) is 32.3 Å². The van der Waals surface area contributed by atoms with Gasteiger partial charge in [-0.15, -0.1) is 0 Å². The highest BCUT2D eigenvalue weighted by atomic mass is 16.5. The third-order valence-electron chi connectivity index (χ3n) is 13.8. The minimum atomic E-state index is -0.517. The van der Waals surface area contributed by atoms with E-state index in [0.29, 0.717) is 74.3 Å². The molecule has 6 aromatic carbocycles. The third kappa shape index (κ3) is 14.3. The van der Waals surface area contributed by atoms with E-state index >= 15 is 0 Å². The molecule has 0 fully saturated rings. The van der Waals surface area contributed by atoms with Gasteiger partial charge in [-0.05, 0) is 145 Å². The van der Waals surface area contributed by atoms with E-state index in [1.165, 1.54) is 6.07 Å². The van der Waals surface area contributed by atoms with Crippen LogP contribution in [-0.2, 0) is 4.74 Å². The molecule has 0 aliphatic heterocycles. The van der Waals surface area contributed by atoms with Gasteiger partial charge < -0.3 is 33.2 Å². The minimum Gasteiger partial charge on any atom is -0.490 e. The molecule has 0 heterocycles. The third-order valence-corrected chi connectivity index (χ3v) is 13.8. The Hall–Kier alpha value is -6.29. The first-order valence-corrected chi connectivity index (χ1v) is 28.1. The van der Waals surface area contributed by atoms with Gasteiger partial charge in [-0.25, -0.2) is 4.79 Å². The summed E-state index contributed by atoms with van der Waals surface area (Å²) in [5, 5.41) is 6.22. The predicted molar refractivity (Wildman–Crippen MR) is 298 cm³/mol. The topological polar surface area (TPSA) is 116 Å². The number of rotatable bonds is 34. The van der Waals surface area contributed by atoms with Crippen molar-refractivity contribution in [3.05, 3.63) is 107 Å². The Kier molecular flexibility index (Phi) is 21.7. The first kappa shape index (κ1) is 55.5. The number of hydrogen-bond donors (Lipinski definition) is 0. The molecule has 74 heavy (non-hydrogen) atoms. The summed E-state index contributed by atoms with van der Waals surface area (Å²) >= 11 is 0. The van der Waals surface area contributed by atoms with E-state index in [-0.39, 0.29) is 29.3 Å². The largest absolute Gasteiger partial charge is 0.490 e. The SMILES string of the molecule is CCCCCOc1cc2c3cc(OCCCCC)c(OCCCCC)cc3c3cc(OCCCCCCOC(=O)c4ccc5c(c4)C(=O)c4ccccc4C5=O)c(OCCCCC)cc3c2cc1OCCCCC. The van der Waals surface area contributed by atoms with E-state index in [0.717, 1.165) is 171 Å². The van der Waals surface area contributed by atoms with E-state index in [4.69, 9.17) is 33.2 Å². The Labute approximate surface area is 439 Å².